The molecule has 0 aromatic rings. The Kier molecular flexibility index (Phi) is 3.42. The zero-order valence-electron chi connectivity index (χ0n) is 9.55. The minimum atomic E-state index is -2.22. The summed E-state index contributed by atoms with van der Waals surface area (Å²) in [5.74, 6) is 0. The van der Waals surface area contributed by atoms with E-state index in [9.17, 15) is 5.11 Å². The van der Waals surface area contributed by atoms with Crippen LogP contribution in [0.5, 0.6) is 0 Å². The predicted molar refractivity (Wildman–Crippen MR) is 60.2 cm³/mol. The van der Waals surface area contributed by atoms with Gasteiger partial charge in [-0.05, 0) is 32.7 Å². The quantitative estimate of drug-likeness (QED) is 0.705. The molecule has 0 N–H and O–H groups in total. The second-order valence-corrected chi connectivity index (χ2v) is 15.5. The van der Waals surface area contributed by atoms with E-state index in [4.69, 9.17) is 12.3 Å². The summed E-state index contributed by atoms with van der Waals surface area (Å²) in [6.45, 7) is 9.98. The first-order valence-electron chi connectivity index (χ1n) is 4.87. The van der Waals surface area contributed by atoms with Gasteiger partial charge in [0.2, 0.25) is 0 Å². The van der Waals surface area contributed by atoms with Crippen molar-refractivity contribution in [3.05, 3.63) is 0 Å². The first-order chi connectivity index (χ1) is 6.18. The SMILES string of the molecule is C[Si]1(C)O[Si](C)(C)O[Si](C)(CC[O])O1. The van der Waals surface area contributed by atoms with Crippen molar-refractivity contribution < 1.29 is 17.5 Å². The highest BCUT2D eigenvalue weighted by molar-refractivity contribution is 6.92. The molecule has 0 unspecified atom stereocenters. The van der Waals surface area contributed by atoms with Gasteiger partial charge in [0.1, 0.15) is 0 Å². The first-order valence-corrected chi connectivity index (χ1v) is 13.0. The zero-order valence-corrected chi connectivity index (χ0v) is 12.5. The Hall–Kier alpha value is 0.491. The van der Waals surface area contributed by atoms with E-state index in [1.165, 1.54) is 0 Å². The Morgan fingerprint density at radius 2 is 1.29 bits per heavy atom. The molecule has 7 heteroatoms. The van der Waals surface area contributed by atoms with Crippen LogP contribution in [0.25, 0.3) is 0 Å². The highest BCUT2D eigenvalue weighted by atomic mass is 28.5. The molecule has 1 fully saturated rings. The van der Waals surface area contributed by atoms with Crippen LogP contribution in [0.4, 0.5) is 0 Å². The summed E-state index contributed by atoms with van der Waals surface area (Å²) in [6, 6.07) is 0.531. The summed E-state index contributed by atoms with van der Waals surface area (Å²) in [7, 11) is -6.30. The molecule has 0 bridgehead atoms. The largest absolute Gasteiger partial charge is 0.416 e. The van der Waals surface area contributed by atoms with Gasteiger partial charge < -0.3 is 12.3 Å². The van der Waals surface area contributed by atoms with Crippen LogP contribution in [0, 0.1) is 0 Å². The first kappa shape index (κ1) is 12.6. The van der Waals surface area contributed by atoms with Crippen LogP contribution in [-0.2, 0) is 17.5 Å². The molecule has 14 heavy (non-hydrogen) atoms. The Bertz CT molecular complexity index is 203. The standard InChI is InChI=1S/C7H19O4Si3/c1-12(2)9-13(3,4)11-14(5,10-12)7-6-8/h6-7H2,1-5H3. The van der Waals surface area contributed by atoms with Gasteiger partial charge >= 0.3 is 25.7 Å². The van der Waals surface area contributed by atoms with Gasteiger partial charge in [-0.2, -0.15) is 0 Å². The summed E-state index contributed by atoms with van der Waals surface area (Å²) < 4.78 is 17.7. The minimum absolute atomic E-state index is 0.113. The summed E-state index contributed by atoms with van der Waals surface area (Å²) in [5.41, 5.74) is 0. The van der Waals surface area contributed by atoms with Crippen LogP contribution in [0.1, 0.15) is 0 Å². The summed E-state index contributed by atoms with van der Waals surface area (Å²) >= 11 is 0. The van der Waals surface area contributed by atoms with E-state index in [0.717, 1.165) is 0 Å². The van der Waals surface area contributed by atoms with Crippen molar-refractivity contribution in [1.82, 2.24) is 0 Å². The maximum Gasteiger partial charge on any atom is 0.319 e. The lowest BCUT2D eigenvalue weighted by atomic mass is 10.9. The zero-order chi connectivity index (χ0) is 11.0. The Morgan fingerprint density at radius 1 is 0.857 bits per heavy atom. The molecule has 1 heterocycles. The van der Waals surface area contributed by atoms with Gasteiger partial charge in [-0.15, -0.1) is 0 Å². The van der Waals surface area contributed by atoms with E-state index in [2.05, 4.69) is 0 Å². The maximum atomic E-state index is 10.7. The van der Waals surface area contributed by atoms with Crippen molar-refractivity contribution in [3.63, 3.8) is 0 Å². The van der Waals surface area contributed by atoms with E-state index in [1.54, 1.807) is 0 Å². The molecule has 1 aliphatic rings. The maximum absolute atomic E-state index is 10.7. The van der Waals surface area contributed by atoms with Crippen molar-refractivity contribution in [2.24, 2.45) is 0 Å². The van der Waals surface area contributed by atoms with E-state index in [1.807, 2.05) is 32.7 Å². The fraction of sp³-hybridized carbons (Fsp3) is 1.00. The molecular formula is C7H19O4Si3. The van der Waals surface area contributed by atoms with Crippen molar-refractivity contribution >= 4 is 25.7 Å². The fourth-order valence-corrected chi connectivity index (χ4v) is 17.8. The van der Waals surface area contributed by atoms with Crippen molar-refractivity contribution in [2.45, 2.75) is 38.8 Å². The summed E-state index contributed by atoms with van der Waals surface area (Å²) in [4.78, 5) is 0. The van der Waals surface area contributed by atoms with Crippen LogP contribution < -0.4 is 0 Å². The van der Waals surface area contributed by atoms with Gasteiger partial charge in [-0.3, -0.25) is 0 Å². The molecule has 0 atom stereocenters. The van der Waals surface area contributed by atoms with E-state index in [-0.39, 0.29) is 6.61 Å². The van der Waals surface area contributed by atoms with Gasteiger partial charge in [-0.25, -0.2) is 5.11 Å². The minimum Gasteiger partial charge on any atom is -0.416 e. The van der Waals surface area contributed by atoms with Crippen LogP contribution in [-0.4, -0.2) is 32.3 Å². The third-order valence-corrected chi connectivity index (χ3v) is 14.4. The molecule has 1 saturated heterocycles. The molecule has 0 aliphatic carbocycles. The fourth-order valence-electron chi connectivity index (χ4n) is 1.98. The van der Waals surface area contributed by atoms with Gasteiger partial charge in [0, 0.05) is 6.04 Å². The molecule has 1 radical (unpaired) electrons. The summed E-state index contributed by atoms with van der Waals surface area (Å²) in [5, 5.41) is 10.7. The average molecular weight is 251 g/mol. The monoisotopic (exact) mass is 251 g/mol. The number of hydrogen-bond acceptors (Lipinski definition) is 3. The molecule has 4 nitrogen and oxygen atoms in total. The predicted octanol–water partition coefficient (Wildman–Crippen LogP) is 1.96. The van der Waals surface area contributed by atoms with Gasteiger partial charge in [-0.1, -0.05) is 0 Å². The molecule has 0 spiro atoms. The Labute approximate surface area is 88.9 Å². The second-order valence-electron chi connectivity index (χ2n) is 4.69. The highest BCUT2D eigenvalue weighted by Gasteiger charge is 2.52. The molecule has 1 aliphatic heterocycles. The molecular weight excluding hydrogens is 232 g/mol. The lowest BCUT2D eigenvalue weighted by Gasteiger charge is -2.47. The van der Waals surface area contributed by atoms with Crippen molar-refractivity contribution in [1.29, 1.82) is 0 Å². The van der Waals surface area contributed by atoms with Crippen LogP contribution >= 0.6 is 0 Å². The van der Waals surface area contributed by atoms with Crippen molar-refractivity contribution in [2.75, 3.05) is 6.61 Å². The third kappa shape index (κ3) is 3.26. The smallest absolute Gasteiger partial charge is 0.319 e. The van der Waals surface area contributed by atoms with E-state index < -0.39 is 25.7 Å². The van der Waals surface area contributed by atoms with Crippen LogP contribution in [0.2, 0.25) is 38.8 Å². The molecule has 0 saturated carbocycles. The normalized spacial score (nSPS) is 28.7. The average Bonchev–Trinajstić information content (AvgIpc) is 1.75. The topological polar surface area (TPSA) is 47.6 Å². The van der Waals surface area contributed by atoms with Gasteiger partial charge in [0.15, 0.2) is 0 Å². The van der Waals surface area contributed by atoms with Crippen LogP contribution in [0.15, 0.2) is 0 Å². The van der Waals surface area contributed by atoms with E-state index in [0.29, 0.717) is 6.04 Å². The third-order valence-electron chi connectivity index (χ3n) is 1.97. The summed E-state index contributed by atoms with van der Waals surface area (Å²) in [6.07, 6.45) is 0. The molecule has 83 valence electrons. The van der Waals surface area contributed by atoms with Gasteiger partial charge in [0.25, 0.3) is 0 Å². The Balaban J connectivity index is 2.80. The van der Waals surface area contributed by atoms with Crippen molar-refractivity contribution in [3.8, 4) is 0 Å². The number of rotatable bonds is 2. The molecule has 1 rings (SSSR count). The second kappa shape index (κ2) is 3.81. The molecule has 0 aromatic heterocycles. The Morgan fingerprint density at radius 3 is 1.64 bits per heavy atom. The highest BCUT2D eigenvalue weighted by Crippen LogP contribution is 2.32. The lowest BCUT2D eigenvalue weighted by Crippen LogP contribution is -2.65. The van der Waals surface area contributed by atoms with E-state index >= 15 is 0 Å². The molecule has 0 amide bonds. The molecule has 0 aromatic carbocycles. The van der Waals surface area contributed by atoms with Gasteiger partial charge in [0.05, 0.1) is 6.61 Å². The van der Waals surface area contributed by atoms with Crippen LogP contribution in [0.3, 0.4) is 0 Å². The lowest BCUT2D eigenvalue weighted by molar-refractivity contribution is 0.185. The number of hydrogen-bond donors (Lipinski definition) is 0.